The van der Waals surface area contributed by atoms with Crippen LogP contribution < -0.4 is 0 Å². The van der Waals surface area contributed by atoms with Gasteiger partial charge in [-0.2, -0.15) is 0 Å². The minimum absolute atomic E-state index is 0.760. The number of hydrogen-bond acceptors (Lipinski definition) is 1. The molecule has 0 amide bonds. The summed E-state index contributed by atoms with van der Waals surface area (Å²) >= 11 is 0. The highest BCUT2D eigenvalue weighted by atomic mass is 14.6. The van der Waals surface area contributed by atoms with E-state index in [4.69, 9.17) is 0 Å². The number of nitrogens with zero attached hydrogens (tertiary/aromatic N) is 1. The van der Waals surface area contributed by atoms with E-state index in [2.05, 4.69) is 37.9 Å². The molecule has 2 rings (SSSR count). The van der Waals surface area contributed by atoms with Crippen molar-refractivity contribution >= 4 is 0 Å². The molecule has 1 aliphatic carbocycles. The molecule has 1 aromatic heterocycles. The Hall–Kier alpha value is -0.850. The van der Waals surface area contributed by atoms with Crippen LogP contribution in [0.25, 0.3) is 0 Å². The van der Waals surface area contributed by atoms with Crippen LogP contribution in [0, 0.1) is 18.8 Å². The lowest BCUT2D eigenvalue weighted by atomic mass is 9.72. The van der Waals surface area contributed by atoms with Gasteiger partial charge in [0.1, 0.15) is 0 Å². The van der Waals surface area contributed by atoms with Gasteiger partial charge in [-0.1, -0.05) is 20.3 Å². The first-order valence-electron chi connectivity index (χ1n) is 6.09. The molecule has 0 saturated heterocycles. The van der Waals surface area contributed by atoms with Gasteiger partial charge < -0.3 is 0 Å². The van der Waals surface area contributed by atoms with Gasteiger partial charge in [-0.3, -0.25) is 4.98 Å². The fourth-order valence-corrected chi connectivity index (χ4v) is 2.79. The largest absolute Gasteiger partial charge is 0.262 e. The molecule has 0 aliphatic heterocycles. The van der Waals surface area contributed by atoms with Gasteiger partial charge in [0, 0.05) is 11.9 Å². The van der Waals surface area contributed by atoms with Gasteiger partial charge in [0.05, 0.1) is 0 Å². The molecular weight excluding hydrogens is 182 g/mol. The van der Waals surface area contributed by atoms with Gasteiger partial charge in [0.15, 0.2) is 0 Å². The molecule has 1 heterocycles. The second kappa shape index (κ2) is 4.34. The van der Waals surface area contributed by atoms with Crippen LogP contribution in [0.3, 0.4) is 0 Å². The summed E-state index contributed by atoms with van der Waals surface area (Å²) in [5.74, 6) is 2.48. The van der Waals surface area contributed by atoms with E-state index < -0.39 is 0 Å². The second-order valence-electron chi connectivity index (χ2n) is 5.23. The van der Waals surface area contributed by atoms with E-state index in [1.807, 2.05) is 6.20 Å². The van der Waals surface area contributed by atoms with Crippen LogP contribution in [0.15, 0.2) is 18.3 Å². The van der Waals surface area contributed by atoms with Gasteiger partial charge >= 0.3 is 0 Å². The zero-order valence-electron chi connectivity index (χ0n) is 10.0. The Labute approximate surface area is 92.9 Å². The molecule has 0 bridgehead atoms. The highest BCUT2D eigenvalue weighted by Crippen LogP contribution is 2.40. The molecule has 0 N–H and O–H groups in total. The molecule has 82 valence electrons. The third-order valence-electron chi connectivity index (χ3n) is 3.81. The van der Waals surface area contributed by atoms with Crippen LogP contribution in [0.4, 0.5) is 0 Å². The summed E-state index contributed by atoms with van der Waals surface area (Å²) in [5, 5.41) is 0. The van der Waals surface area contributed by atoms with E-state index in [1.165, 1.54) is 24.8 Å². The molecule has 3 unspecified atom stereocenters. The Morgan fingerprint density at radius 1 is 1.27 bits per heavy atom. The molecule has 1 aromatic rings. The van der Waals surface area contributed by atoms with Crippen LogP contribution in [-0.2, 0) is 0 Å². The SMILES string of the molecule is Cc1cc(C2CC(C)CCC2C)ccn1. The molecular formula is C14H21N. The quantitative estimate of drug-likeness (QED) is 0.674. The van der Waals surface area contributed by atoms with Crippen LogP contribution in [-0.4, -0.2) is 4.98 Å². The lowest BCUT2D eigenvalue weighted by molar-refractivity contribution is 0.264. The molecule has 15 heavy (non-hydrogen) atoms. The van der Waals surface area contributed by atoms with Gasteiger partial charge in [-0.15, -0.1) is 0 Å². The smallest absolute Gasteiger partial charge is 0.0375 e. The Kier molecular flexibility index (Phi) is 3.08. The van der Waals surface area contributed by atoms with Gasteiger partial charge in [0.25, 0.3) is 0 Å². The van der Waals surface area contributed by atoms with Crippen molar-refractivity contribution in [2.75, 3.05) is 0 Å². The van der Waals surface area contributed by atoms with Crippen molar-refractivity contribution in [2.24, 2.45) is 11.8 Å². The average molecular weight is 203 g/mol. The first-order valence-corrected chi connectivity index (χ1v) is 6.09. The van der Waals surface area contributed by atoms with Crippen LogP contribution >= 0.6 is 0 Å². The highest BCUT2D eigenvalue weighted by molar-refractivity contribution is 5.21. The van der Waals surface area contributed by atoms with Crippen molar-refractivity contribution < 1.29 is 0 Å². The summed E-state index contributed by atoms with van der Waals surface area (Å²) < 4.78 is 0. The van der Waals surface area contributed by atoms with Gasteiger partial charge in [0.2, 0.25) is 0 Å². The summed E-state index contributed by atoms with van der Waals surface area (Å²) in [6.07, 6.45) is 6.09. The maximum atomic E-state index is 4.28. The molecule has 1 fully saturated rings. The number of rotatable bonds is 1. The first-order chi connectivity index (χ1) is 7.16. The maximum Gasteiger partial charge on any atom is 0.0375 e. The van der Waals surface area contributed by atoms with E-state index in [0.717, 1.165) is 23.4 Å². The lowest BCUT2D eigenvalue weighted by Crippen LogP contribution is -2.20. The lowest BCUT2D eigenvalue weighted by Gasteiger charge is -2.33. The third-order valence-corrected chi connectivity index (χ3v) is 3.81. The number of pyridine rings is 1. The molecule has 1 nitrogen and oxygen atoms in total. The zero-order chi connectivity index (χ0) is 10.8. The van der Waals surface area contributed by atoms with E-state index >= 15 is 0 Å². The van der Waals surface area contributed by atoms with E-state index in [0.29, 0.717) is 0 Å². The van der Waals surface area contributed by atoms with Crippen molar-refractivity contribution in [3.05, 3.63) is 29.6 Å². The standard InChI is InChI=1S/C14H21N/c1-10-4-5-11(2)14(8-10)13-6-7-15-12(3)9-13/h6-7,9-11,14H,4-5,8H2,1-3H3. The predicted molar refractivity (Wildman–Crippen MR) is 63.9 cm³/mol. The predicted octanol–water partition coefficient (Wildman–Crippen LogP) is 3.93. The number of hydrogen-bond donors (Lipinski definition) is 0. The fraction of sp³-hybridized carbons (Fsp3) is 0.643. The maximum absolute atomic E-state index is 4.28. The Balaban J connectivity index is 2.21. The molecule has 1 aliphatic rings. The topological polar surface area (TPSA) is 12.9 Å². The van der Waals surface area contributed by atoms with Gasteiger partial charge in [-0.25, -0.2) is 0 Å². The molecule has 1 heteroatoms. The molecule has 0 radical (unpaired) electrons. The highest BCUT2D eigenvalue weighted by Gasteiger charge is 2.26. The average Bonchev–Trinajstić information content (AvgIpc) is 2.22. The van der Waals surface area contributed by atoms with Crippen molar-refractivity contribution in [1.82, 2.24) is 4.98 Å². The summed E-state index contributed by atoms with van der Waals surface area (Å²) in [6, 6.07) is 4.46. The van der Waals surface area contributed by atoms with Gasteiger partial charge in [-0.05, 0) is 55.2 Å². The fourth-order valence-electron chi connectivity index (χ4n) is 2.79. The molecule has 0 aromatic carbocycles. The van der Waals surface area contributed by atoms with Crippen molar-refractivity contribution in [1.29, 1.82) is 0 Å². The van der Waals surface area contributed by atoms with Crippen molar-refractivity contribution in [2.45, 2.75) is 46.0 Å². The third kappa shape index (κ3) is 2.39. The molecule has 0 spiro atoms. The first kappa shape index (κ1) is 10.7. The van der Waals surface area contributed by atoms with E-state index in [1.54, 1.807) is 0 Å². The number of aromatic nitrogens is 1. The van der Waals surface area contributed by atoms with Crippen LogP contribution in [0.1, 0.15) is 50.3 Å². The van der Waals surface area contributed by atoms with E-state index in [9.17, 15) is 0 Å². The zero-order valence-corrected chi connectivity index (χ0v) is 10.0. The van der Waals surface area contributed by atoms with Crippen LogP contribution in [0.5, 0.6) is 0 Å². The Morgan fingerprint density at radius 2 is 2.07 bits per heavy atom. The Bertz CT molecular complexity index is 332. The Morgan fingerprint density at radius 3 is 2.80 bits per heavy atom. The minimum atomic E-state index is 0.760. The minimum Gasteiger partial charge on any atom is -0.262 e. The molecule has 1 saturated carbocycles. The van der Waals surface area contributed by atoms with Crippen LogP contribution in [0.2, 0.25) is 0 Å². The summed E-state index contributed by atoms with van der Waals surface area (Å²) in [7, 11) is 0. The monoisotopic (exact) mass is 203 g/mol. The summed E-state index contributed by atoms with van der Waals surface area (Å²) in [4.78, 5) is 4.28. The number of aryl methyl sites for hydroxylation is 1. The summed E-state index contributed by atoms with van der Waals surface area (Å²) in [5.41, 5.74) is 2.65. The normalized spacial score (nSPS) is 31.5. The van der Waals surface area contributed by atoms with Crippen molar-refractivity contribution in [3.8, 4) is 0 Å². The molecule has 3 atom stereocenters. The van der Waals surface area contributed by atoms with E-state index in [-0.39, 0.29) is 0 Å². The second-order valence-corrected chi connectivity index (χ2v) is 5.23. The van der Waals surface area contributed by atoms with Crippen molar-refractivity contribution in [3.63, 3.8) is 0 Å². The summed E-state index contributed by atoms with van der Waals surface area (Å²) in [6.45, 7) is 6.86.